The van der Waals surface area contributed by atoms with Crippen LogP contribution in [0.4, 0.5) is 5.95 Å². The zero-order chi connectivity index (χ0) is 11.4. The first-order valence-corrected chi connectivity index (χ1v) is 4.54. The van der Waals surface area contributed by atoms with Gasteiger partial charge in [0, 0.05) is 17.8 Å². The fourth-order valence-electron chi connectivity index (χ4n) is 1.26. The molecule has 0 aliphatic rings. The van der Waals surface area contributed by atoms with Gasteiger partial charge in [0.05, 0.1) is 12.3 Å². The average Bonchev–Trinajstić information content (AvgIpc) is 2.80. The predicted octanol–water partition coefficient (Wildman–Crippen LogP) is 1.86. The highest BCUT2D eigenvalue weighted by Crippen LogP contribution is 2.22. The first-order chi connectivity index (χ1) is 7.81. The Kier molecular flexibility index (Phi) is 2.65. The van der Waals surface area contributed by atoms with Crippen molar-refractivity contribution in [3.63, 3.8) is 0 Å². The van der Waals surface area contributed by atoms with Crippen molar-refractivity contribution in [2.75, 3.05) is 5.73 Å². The van der Waals surface area contributed by atoms with Crippen molar-refractivity contribution in [2.24, 2.45) is 0 Å². The Bertz CT molecular complexity index is 552. The number of hydrogen-bond donors (Lipinski definition) is 1. The Morgan fingerprint density at radius 2 is 2.38 bits per heavy atom. The molecule has 2 aromatic rings. The first-order valence-electron chi connectivity index (χ1n) is 4.54. The maximum absolute atomic E-state index is 8.48. The van der Waals surface area contributed by atoms with Gasteiger partial charge in [0.25, 0.3) is 0 Å². The summed E-state index contributed by atoms with van der Waals surface area (Å²) in [6.07, 6.45) is 6.05. The maximum Gasteiger partial charge on any atom is 0.220 e. The topological polar surface area (TPSA) is 88.7 Å². The number of nitrogen functional groups attached to an aromatic ring is 1. The number of hydrogen-bond acceptors (Lipinski definition) is 5. The van der Waals surface area contributed by atoms with Crippen molar-refractivity contribution < 1.29 is 4.42 Å². The van der Waals surface area contributed by atoms with E-state index in [4.69, 9.17) is 15.4 Å². The molecule has 2 heterocycles. The number of nitriles is 1. The van der Waals surface area contributed by atoms with Crippen molar-refractivity contribution in [3.8, 4) is 17.5 Å². The summed E-state index contributed by atoms with van der Waals surface area (Å²) in [6, 6.07) is 5.43. The van der Waals surface area contributed by atoms with Gasteiger partial charge in [0.2, 0.25) is 5.95 Å². The van der Waals surface area contributed by atoms with Gasteiger partial charge >= 0.3 is 0 Å². The fraction of sp³-hybridized carbons (Fsp3) is 0. The van der Waals surface area contributed by atoms with Gasteiger partial charge in [-0.3, -0.25) is 0 Å². The van der Waals surface area contributed by atoms with Crippen LogP contribution >= 0.6 is 0 Å². The molecule has 5 heteroatoms. The number of anilines is 1. The summed E-state index contributed by atoms with van der Waals surface area (Å²) in [5, 5.41) is 8.48. The van der Waals surface area contributed by atoms with E-state index in [1.165, 1.54) is 6.08 Å². The summed E-state index contributed by atoms with van der Waals surface area (Å²) in [4.78, 5) is 7.95. The van der Waals surface area contributed by atoms with E-state index in [1.807, 2.05) is 6.07 Å². The third-order valence-electron chi connectivity index (χ3n) is 1.93. The Morgan fingerprint density at radius 3 is 3.06 bits per heavy atom. The molecule has 0 amide bonds. The molecule has 0 aliphatic heterocycles. The molecule has 0 unspecified atom stereocenters. The van der Waals surface area contributed by atoms with Crippen molar-refractivity contribution in [2.45, 2.75) is 0 Å². The average molecular weight is 212 g/mol. The van der Waals surface area contributed by atoms with E-state index in [9.17, 15) is 0 Å². The quantitative estimate of drug-likeness (QED) is 0.767. The number of aromatic nitrogens is 2. The molecule has 5 nitrogen and oxygen atoms in total. The number of nitrogens with two attached hydrogens (primary N) is 1. The van der Waals surface area contributed by atoms with Gasteiger partial charge in [-0.2, -0.15) is 5.26 Å². The first kappa shape index (κ1) is 9.93. The molecule has 0 aliphatic carbocycles. The second-order valence-corrected chi connectivity index (χ2v) is 2.97. The van der Waals surface area contributed by atoms with E-state index in [2.05, 4.69) is 9.97 Å². The summed E-state index contributed by atoms with van der Waals surface area (Å²) >= 11 is 0. The molecule has 0 bridgehead atoms. The van der Waals surface area contributed by atoms with Crippen LogP contribution in [0.5, 0.6) is 0 Å². The minimum absolute atomic E-state index is 0.167. The van der Waals surface area contributed by atoms with Crippen LogP contribution in [-0.2, 0) is 0 Å². The third-order valence-corrected chi connectivity index (χ3v) is 1.93. The molecule has 0 aromatic carbocycles. The molecular formula is C11H8N4O. The van der Waals surface area contributed by atoms with Gasteiger partial charge in [-0.1, -0.05) is 0 Å². The summed E-state index contributed by atoms with van der Waals surface area (Å²) in [5.74, 6) is 0.757. The van der Waals surface area contributed by atoms with E-state index in [0.29, 0.717) is 17.0 Å². The standard InChI is InChI=1S/C11H8N4O/c12-5-1-3-8-7-14-11(13)15-10(8)9-4-2-6-16-9/h1-4,6-7H,(H2,13,14,15). The van der Waals surface area contributed by atoms with E-state index in [-0.39, 0.29) is 5.95 Å². The molecule has 2 N–H and O–H groups in total. The molecule has 0 radical (unpaired) electrons. The largest absolute Gasteiger partial charge is 0.463 e. The fourth-order valence-corrected chi connectivity index (χ4v) is 1.26. The second-order valence-electron chi connectivity index (χ2n) is 2.97. The lowest BCUT2D eigenvalue weighted by Crippen LogP contribution is -1.97. The highest BCUT2D eigenvalue weighted by molar-refractivity contribution is 5.69. The van der Waals surface area contributed by atoms with E-state index >= 15 is 0 Å². The van der Waals surface area contributed by atoms with Crippen LogP contribution < -0.4 is 5.73 Å². The van der Waals surface area contributed by atoms with Crippen LogP contribution in [-0.4, -0.2) is 9.97 Å². The van der Waals surface area contributed by atoms with Crippen LogP contribution in [0.2, 0.25) is 0 Å². The van der Waals surface area contributed by atoms with Crippen LogP contribution in [0.3, 0.4) is 0 Å². The Hall–Kier alpha value is -2.61. The molecule has 0 saturated heterocycles. The lowest BCUT2D eigenvalue weighted by molar-refractivity contribution is 0.580. The van der Waals surface area contributed by atoms with Gasteiger partial charge in [-0.05, 0) is 18.2 Å². The monoisotopic (exact) mass is 212 g/mol. The van der Waals surface area contributed by atoms with Crippen molar-refractivity contribution in [3.05, 3.63) is 36.2 Å². The molecule has 2 aromatic heterocycles. The van der Waals surface area contributed by atoms with Gasteiger partial charge in [-0.25, -0.2) is 9.97 Å². The molecule has 2 rings (SSSR count). The molecule has 0 atom stereocenters. The van der Waals surface area contributed by atoms with Crippen LogP contribution in [0, 0.1) is 11.3 Å². The van der Waals surface area contributed by atoms with Crippen LogP contribution in [0.15, 0.2) is 35.1 Å². The number of rotatable bonds is 2. The second kappa shape index (κ2) is 4.28. The summed E-state index contributed by atoms with van der Waals surface area (Å²) in [6.45, 7) is 0. The Labute approximate surface area is 91.9 Å². The molecule has 16 heavy (non-hydrogen) atoms. The van der Waals surface area contributed by atoms with Gasteiger partial charge < -0.3 is 10.2 Å². The molecule has 0 saturated carbocycles. The minimum atomic E-state index is 0.167. The summed E-state index contributed by atoms with van der Waals surface area (Å²) in [5.41, 5.74) is 6.77. The predicted molar refractivity (Wildman–Crippen MR) is 58.8 cm³/mol. The zero-order valence-electron chi connectivity index (χ0n) is 8.29. The molecule has 0 fully saturated rings. The van der Waals surface area contributed by atoms with Gasteiger partial charge in [0.15, 0.2) is 5.76 Å². The summed E-state index contributed by atoms with van der Waals surface area (Å²) in [7, 11) is 0. The molecular weight excluding hydrogens is 204 g/mol. The number of nitrogens with zero attached hydrogens (tertiary/aromatic N) is 3. The minimum Gasteiger partial charge on any atom is -0.463 e. The Morgan fingerprint density at radius 1 is 1.50 bits per heavy atom. The third kappa shape index (κ3) is 1.91. The summed E-state index contributed by atoms with van der Waals surface area (Å²) < 4.78 is 5.23. The lowest BCUT2D eigenvalue weighted by atomic mass is 10.2. The highest BCUT2D eigenvalue weighted by Gasteiger charge is 2.08. The van der Waals surface area contributed by atoms with Gasteiger partial charge in [0.1, 0.15) is 5.69 Å². The van der Waals surface area contributed by atoms with E-state index < -0.39 is 0 Å². The van der Waals surface area contributed by atoms with Gasteiger partial charge in [-0.15, -0.1) is 0 Å². The van der Waals surface area contributed by atoms with Crippen molar-refractivity contribution in [1.29, 1.82) is 5.26 Å². The SMILES string of the molecule is N#CC=Cc1cnc(N)nc1-c1ccco1. The molecule has 78 valence electrons. The van der Waals surface area contributed by atoms with Crippen molar-refractivity contribution in [1.82, 2.24) is 9.97 Å². The lowest BCUT2D eigenvalue weighted by Gasteiger charge is -2.01. The zero-order valence-corrected chi connectivity index (χ0v) is 8.29. The maximum atomic E-state index is 8.48. The van der Waals surface area contributed by atoms with Crippen LogP contribution in [0.25, 0.3) is 17.5 Å². The normalized spacial score (nSPS) is 10.4. The highest BCUT2D eigenvalue weighted by atomic mass is 16.3. The molecule has 0 spiro atoms. The van der Waals surface area contributed by atoms with E-state index in [0.717, 1.165) is 0 Å². The smallest absolute Gasteiger partial charge is 0.220 e. The number of furan rings is 1. The Balaban J connectivity index is 2.54. The number of allylic oxidation sites excluding steroid dienone is 1. The van der Waals surface area contributed by atoms with E-state index in [1.54, 1.807) is 30.7 Å². The van der Waals surface area contributed by atoms with Crippen LogP contribution in [0.1, 0.15) is 5.56 Å². The van der Waals surface area contributed by atoms with Crippen molar-refractivity contribution >= 4 is 12.0 Å².